The summed E-state index contributed by atoms with van der Waals surface area (Å²) in [6.07, 6.45) is 6.87. The van der Waals surface area contributed by atoms with Crippen molar-refractivity contribution in [2.24, 2.45) is 0 Å². The van der Waals surface area contributed by atoms with Crippen LogP contribution in [0.15, 0.2) is 36.4 Å². The van der Waals surface area contributed by atoms with Crippen LogP contribution in [0.3, 0.4) is 0 Å². The highest BCUT2D eigenvalue weighted by atomic mass is 32.1. The number of rotatable bonds is 5. The molecule has 0 aliphatic heterocycles. The monoisotopic (exact) mass is 413 g/mol. The Labute approximate surface area is 175 Å². The third-order valence-corrected chi connectivity index (χ3v) is 6.24. The Kier molecular flexibility index (Phi) is 7.41. The second kappa shape index (κ2) is 10.2. The topological polar surface area (TPSA) is 87.3 Å². The van der Waals surface area contributed by atoms with Crippen molar-refractivity contribution >= 4 is 29.1 Å². The number of hydrogen-bond donors (Lipinski definition) is 3. The first-order chi connectivity index (χ1) is 14.0. The highest BCUT2D eigenvalue weighted by Gasteiger charge is 2.19. The van der Waals surface area contributed by atoms with Gasteiger partial charge in [0, 0.05) is 11.8 Å². The molecule has 3 rings (SSSR count). The lowest BCUT2D eigenvalue weighted by Crippen LogP contribution is -2.43. The van der Waals surface area contributed by atoms with Gasteiger partial charge in [-0.05, 0) is 42.9 Å². The van der Waals surface area contributed by atoms with Crippen LogP contribution in [-0.4, -0.2) is 17.7 Å². The van der Waals surface area contributed by atoms with Crippen LogP contribution in [-0.2, 0) is 22.4 Å². The molecule has 1 atom stereocenters. The van der Waals surface area contributed by atoms with E-state index in [-0.39, 0.29) is 24.1 Å². The normalized spacial score (nSPS) is 14.7. The Morgan fingerprint density at radius 2 is 1.72 bits per heavy atom. The number of hydrogen-bond acceptors (Lipinski definition) is 4. The summed E-state index contributed by atoms with van der Waals surface area (Å²) in [5.41, 5.74) is 7.09. The minimum absolute atomic E-state index is 0.0326. The molecule has 7 heteroatoms. The largest absolute Gasteiger partial charge is 0.349 e. The van der Waals surface area contributed by atoms with Crippen LogP contribution in [0.4, 0.5) is 0 Å². The Morgan fingerprint density at radius 1 is 1.00 bits per heavy atom. The summed E-state index contributed by atoms with van der Waals surface area (Å²) < 4.78 is 0. The van der Waals surface area contributed by atoms with E-state index in [9.17, 15) is 14.4 Å². The van der Waals surface area contributed by atoms with E-state index < -0.39 is 6.04 Å². The first-order valence-corrected chi connectivity index (χ1v) is 10.9. The van der Waals surface area contributed by atoms with Gasteiger partial charge in [-0.1, -0.05) is 43.2 Å². The Balaban J connectivity index is 1.57. The molecule has 0 radical (unpaired) electrons. The smallest absolute Gasteiger partial charge is 0.279 e. The number of carbonyl (C=O) groups excluding carboxylic acids is 3. The molecule has 0 saturated heterocycles. The zero-order valence-corrected chi connectivity index (χ0v) is 17.4. The van der Waals surface area contributed by atoms with Crippen LogP contribution in [0, 0.1) is 0 Å². The van der Waals surface area contributed by atoms with Gasteiger partial charge in [0.25, 0.3) is 5.91 Å². The molecule has 3 amide bonds. The second-order valence-electron chi connectivity index (χ2n) is 7.34. The number of fused-ring (bicyclic) bond motifs is 1. The number of nitrogens with one attached hydrogen (secondary N) is 3. The molecule has 3 N–H and O–H groups in total. The fraction of sp³-hybridized carbons (Fsp3) is 0.409. The van der Waals surface area contributed by atoms with Gasteiger partial charge in [-0.15, -0.1) is 11.3 Å². The van der Waals surface area contributed by atoms with Gasteiger partial charge in [-0.25, -0.2) is 0 Å². The van der Waals surface area contributed by atoms with Gasteiger partial charge in [0.2, 0.25) is 11.8 Å². The number of benzene rings is 1. The second-order valence-corrected chi connectivity index (χ2v) is 8.48. The van der Waals surface area contributed by atoms with E-state index in [4.69, 9.17) is 0 Å². The molecule has 154 valence electrons. The van der Waals surface area contributed by atoms with Gasteiger partial charge in [-0.3, -0.25) is 25.2 Å². The van der Waals surface area contributed by atoms with Crippen LogP contribution in [0.1, 0.15) is 70.7 Å². The average molecular weight is 414 g/mol. The van der Waals surface area contributed by atoms with Crippen molar-refractivity contribution in [1.82, 2.24) is 16.2 Å². The zero-order chi connectivity index (χ0) is 20.6. The van der Waals surface area contributed by atoms with E-state index in [0.29, 0.717) is 4.88 Å². The van der Waals surface area contributed by atoms with Crippen molar-refractivity contribution in [2.45, 2.75) is 57.9 Å². The number of amides is 3. The molecule has 0 fully saturated rings. The zero-order valence-electron chi connectivity index (χ0n) is 16.6. The number of hydrazine groups is 1. The van der Waals surface area contributed by atoms with Crippen LogP contribution in [0.25, 0.3) is 0 Å². The van der Waals surface area contributed by atoms with Crippen LogP contribution < -0.4 is 16.2 Å². The summed E-state index contributed by atoms with van der Waals surface area (Å²) in [4.78, 5) is 38.2. The highest BCUT2D eigenvalue weighted by molar-refractivity contribution is 7.14. The van der Waals surface area contributed by atoms with Crippen molar-refractivity contribution in [3.63, 3.8) is 0 Å². The van der Waals surface area contributed by atoms with E-state index in [1.165, 1.54) is 41.5 Å². The maximum absolute atomic E-state index is 12.5. The van der Waals surface area contributed by atoms with Crippen molar-refractivity contribution in [1.29, 1.82) is 0 Å². The molecule has 0 spiro atoms. The quantitative estimate of drug-likeness (QED) is 0.656. The summed E-state index contributed by atoms with van der Waals surface area (Å²) in [5.74, 6) is -0.881. The van der Waals surface area contributed by atoms with Gasteiger partial charge in [0.15, 0.2) is 0 Å². The summed E-state index contributed by atoms with van der Waals surface area (Å²) in [7, 11) is 0. The molecule has 1 aromatic heterocycles. The minimum Gasteiger partial charge on any atom is -0.349 e. The van der Waals surface area contributed by atoms with Crippen LogP contribution in [0.2, 0.25) is 0 Å². The summed E-state index contributed by atoms with van der Waals surface area (Å²) in [6, 6.07) is 10.8. The third kappa shape index (κ3) is 6.15. The van der Waals surface area contributed by atoms with Gasteiger partial charge in [0.05, 0.1) is 17.3 Å². The van der Waals surface area contributed by atoms with Crippen molar-refractivity contribution in [3.05, 3.63) is 57.3 Å². The standard InChI is InChI=1S/C22H27N3O3S/c1-15(26)23-18(16-9-6-4-7-10-16)14-21(27)24-25-22(28)20-13-17-11-5-2-3-8-12-19(17)29-20/h4,6-7,9-10,13,18H,2-3,5,8,11-12,14H2,1H3,(H,23,26)(H,24,27)(H,25,28)/t18-/m0/s1. The molecule has 1 aliphatic carbocycles. The molecule has 6 nitrogen and oxygen atoms in total. The fourth-order valence-electron chi connectivity index (χ4n) is 3.56. The molecule has 29 heavy (non-hydrogen) atoms. The van der Waals surface area contributed by atoms with Crippen LogP contribution >= 0.6 is 11.3 Å². The molecule has 0 bridgehead atoms. The number of carbonyl (C=O) groups is 3. The lowest BCUT2D eigenvalue weighted by molar-refractivity contribution is -0.123. The molecule has 0 unspecified atom stereocenters. The molecule has 1 heterocycles. The Morgan fingerprint density at radius 3 is 2.45 bits per heavy atom. The van der Waals surface area contributed by atoms with Gasteiger partial charge in [0.1, 0.15) is 0 Å². The Hall–Kier alpha value is -2.67. The van der Waals surface area contributed by atoms with Gasteiger partial charge >= 0.3 is 0 Å². The molecule has 1 aromatic carbocycles. The molecule has 2 aromatic rings. The van der Waals surface area contributed by atoms with E-state index in [1.54, 1.807) is 0 Å². The van der Waals surface area contributed by atoms with E-state index in [2.05, 4.69) is 16.2 Å². The maximum Gasteiger partial charge on any atom is 0.279 e. The lowest BCUT2D eigenvalue weighted by atomic mass is 10.00. The summed E-state index contributed by atoms with van der Waals surface area (Å²) in [6.45, 7) is 1.42. The predicted octanol–water partition coefficient (Wildman–Crippen LogP) is 3.44. The number of thiophene rings is 1. The Bertz CT molecular complexity index is 838. The molecule has 1 aliphatic rings. The van der Waals surface area contributed by atoms with E-state index in [0.717, 1.165) is 31.2 Å². The fourth-order valence-corrected chi connectivity index (χ4v) is 4.71. The van der Waals surface area contributed by atoms with E-state index in [1.807, 2.05) is 36.4 Å². The first-order valence-electron chi connectivity index (χ1n) is 10.1. The molecular weight excluding hydrogens is 386 g/mol. The summed E-state index contributed by atoms with van der Waals surface area (Å²) >= 11 is 1.52. The molecular formula is C22H27N3O3S. The SMILES string of the molecule is CC(=O)N[C@@H](CC(=O)NNC(=O)c1cc2c(s1)CCCCCC2)c1ccccc1. The average Bonchev–Trinajstić information content (AvgIpc) is 3.08. The summed E-state index contributed by atoms with van der Waals surface area (Å²) in [5, 5.41) is 2.78. The van der Waals surface area contributed by atoms with Crippen LogP contribution in [0.5, 0.6) is 0 Å². The third-order valence-electron chi connectivity index (χ3n) is 5.00. The van der Waals surface area contributed by atoms with Gasteiger partial charge < -0.3 is 5.32 Å². The van der Waals surface area contributed by atoms with Crippen molar-refractivity contribution in [3.8, 4) is 0 Å². The highest BCUT2D eigenvalue weighted by Crippen LogP contribution is 2.28. The lowest BCUT2D eigenvalue weighted by Gasteiger charge is -2.18. The predicted molar refractivity (Wildman–Crippen MR) is 113 cm³/mol. The maximum atomic E-state index is 12.5. The molecule has 0 saturated carbocycles. The van der Waals surface area contributed by atoms with E-state index >= 15 is 0 Å². The van der Waals surface area contributed by atoms with Crippen molar-refractivity contribution < 1.29 is 14.4 Å². The number of aryl methyl sites for hydroxylation is 2. The van der Waals surface area contributed by atoms with Gasteiger partial charge in [-0.2, -0.15) is 0 Å². The minimum atomic E-state index is -0.452. The van der Waals surface area contributed by atoms with Crippen molar-refractivity contribution in [2.75, 3.05) is 0 Å². The first kappa shape index (κ1) is 21.0.